The van der Waals surface area contributed by atoms with Crippen LogP contribution in [0.15, 0.2) is 42.6 Å². The van der Waals surface area contributed by atoms with E-state index in [1.807, 2.05) is 30.3 Å². The van der Waals surface area contributed by atoms with Gasteiger partial charge in [0.2, 0.25) is 0 Å². The van der Waals surface area contributed by atoms with Gasteiger partial charge in [0.25, 0.3) is 0 Å². The third kappa shape index (κ3) is 4.63. The van der Waals surface area contributed by atoms with Crippen LogP contribution < -0.4 is 15.2 Å². The van der Waals surface area contributed by atoms with Crippen molar-refractivity contribution < 1.29 is 9.47 Å². The zero-order chi connectivity index (χ0) is 14.2. The second-order valence-electron chi connectivity index (χ2n) is 4.24. The molecule has 4 nitrogen and oxygen atoms in total. The molecule has 0 fully saturated rings. The number of ether oxygens (including phenoxy) is 2. The number of nitrogens with zero attached hydrogens (tertiary/aromatic N) is 1. The molecule has 1 aromatic heterocycles. The second kappa shape index (κ2) is 7.60. The van der Waals surface area contributed by atoms with Gasteiger partial charge in [0, 0.05) is 11.2 Å². The first kappa shape index (κ1) is 14.5. The molecule has 1 aromatic carbocycles. The van der Waals surface area contributed by atoms with Crippen molar-refractivity contribution in [1.29, 1.82) is 0 Å². The van der Waals surface area contributed by atoms with Crippen LogP contribution in [0.1, 0.15) is 12.8 Å². The maximum Gasteiger partial charge on any atom is 0.166 e. The molecule has 0 bridgehead atoms. The van der Waals surface area contributed by atoms with Gasteiger partial charge in [0.15, 0.2) is 11.6 Å². The summed E-state index contributed by atoms with van der Waals surface area (Å²) in [5.74, 6) is 1.88. The molecule has 0 saturated heterocycles. The topological polar surface area (TPSA) is 57.4 Å². The minimum Gasteiger partial charge on any atom is -0.494 e. The molecule has 106 valence electrons. The van der Waals surface area contributed by atoms with E-state index in [0.29, 0.717) is 29.8 Å². The molecular weight excluding hydrogens is 276 g/mol. The first-order valence-corrected chi connectivity index (χ1v) is 6.85. The first-order chi connectivity index (χ1) is 9.75. The highest BCUT2D eigenvalue weighted by Crippen LogP contribution is 2.17. The number of nitrogens with two attached hydrogens (primary N) is 1. The number of hydrogen-bond donors (Lipinski definition) is 1. The van der Waals surface area contributed by atoms with Gasteiger partial charge in [-0.2, -0.15) is 0 Å². The van der Waals surface area contributed by atoms with E-state index in [0.717, 1.165) is 18.6 Å². The fourth-order valence-electron chi connectivity index (χ4n) is 1.63. The lowest BCUT2D eigenvalue weighted by atomic mass is 10.3. The second-order valence-corrected chi connectivity index (χ2v) is 4.68. The molecule has 0 saturated carbocycles. The van der Waals surface area contributed by atoms with E-state index in [4.69, 9.17) is 26.8 Å². The average Bonchev–Trinajstić information content (AvgIpc) is 2.46. The number of unbranched alkanes of at least 4 members (excludes halogenated alkanes) is 1. The molecule has 0 aliphatic carbocycles. The molecule has 0 atom stereocenters. The zero-order valence-electron chi connectivity index (χ0n) is 11.1. The summed E-state index contributed by atoms with van der Waals surface area (Å²) in [5, 5.41) is 0.708. The van der Waals surface area contributed by atoms with Crippen molar-refractivity contribution in [3.05, 3.63) is 47.6 Å². The lowest BCUT2D eigenvalue weighted by Gasteiger charge is -2.08. The van der Waals surface area contributed by atoms with Crippen LogP contribution in [-0.2, 0) is 0 Å². The van der Waals surface area contributed by atoms with Crippen molar-refractivity contribution in [2.24, 2.45) is 0 Å². The Balaban J connectivity index is 1.60. The molecule has 0 radical (unpaired) electrons. The summed E-state index contributed by atoms with van der Waals surface area (Å²) in [5.41, 5.74) is 5.68. The molecule has 2 aromatic rings. The Morgan fingerprint density at radius 1 is 1.00 bits per heavy atom. The van der Waals surface area contributed by atoms with Crippen LogP contribution in [0, 0.1) is 0 Å². The number of rotatable bonds is 7. The van der Waals surface area contributed by atoms with Crippen LogP contribution in [0.25, 0.3) is 0 Å². The summed E-state index contributed by atoms with van der Waals surface area (Å²) in [4.78, 5) is 3.96. The number of pyridine rings is 1. The predicted molar refractivity (Wildman–Crippen MR) is 80.3 cm³/mol. The number of benzene rings is 1. The smallest absolute Gasteiger partial charge is 0.166 e. The van der Waals surface area contributed by atoms with Crippen LogP contribution in [0.2, 0.25) is 5.02 Å². The largest absolute Gasteiger partial charge is 0.494 e. The summed E-state index contributed by atoms with van der Waals surface area (Å²) in [6.07, 6.45) is 3.44. The third-order valence-electron chi connectivity index (χ3n) is 2.68. The van der Waals surface area contributed by atoms with Gasteiger partial charge >= 0.3 is 0 Å². The number of anilines is 1. The van der Waals surface area contributed by atoms with Gasteiger partial charge in [-0.1, -0.05) is 11.6 Å². The van der Waals surface area contributed by atoms with Crippen molar-refractivity contribution in [1.82, 2.24) is 4.98 Å². The summed E-state index contributed by atoms with van der Waals surface area (Å²) in [6, 6.07) is 10.9. The summed E-state index contributed by atoms with van der Waals surface area (Å²) >= 11 is 5.80. The van der Waals surface area contributed by atoms with E-state index < -0.39 is 0 Å². The molecule has 2 N–H and O–H groups in total. The minimum absolute atomic E-state index is 0.421. The fourth-order valence-corrected chi connectivity index (χ4v) is 1.76. The maximum atomic E-state index is 5.80. The molecule has 2 rings (SSSR count). The van der Waals surface area contributed by atoms with Gasteiger partial charge in [-0.25, -0.2) is 4.98 Å². The normalized spacial score (nSPS) is 10.2. The van der Waals surface area contributed by atoms with Gasteiger partial charge in [0.1, 0.15) is 5.75 Å². The van der Waals surface area contributed by atoms with Crippen molar-refractivity contribution in [3.63, 3.8) is 0 Å². The van der Waals surface area contributed by atoms with Gasteiger partial charge in [-0.15, -0.1) is 0 Å². The Morgan fingerprint density at radius 2 is 1.70 bits per heavy atom. The van der Waals surface area contributed by atoms with Crippen molar-refractivity contribution in [2.45, 2.75) is 12.8 Å². The van der Waals surface area contributed by atoms with Crippen LogP contribution in [0.3, 0.4) is 0 Å². The van der Waals surface area contributed by atoms with Crippen molar-refractivity contribution >= 4 is 17.4 Å². The molecule has 0 aliphatic heterocycles. The number of hydrogen-bond acceptors (Lipinski definition) is 4. The van der Waals surface area contributed by atoms with E-state index in [9.17, 15) is 0 Å². The average molecular weight is 293 g/mol. The molecule has 20 heavy (non-hydrogen) atoms. The minimum atomic E-state index is 0.421. The summed E-state index contributed by atoms with van der Waals surface area (Å²) in [6.45, 7) is 1.24. The Hall–Kier alpha value is -1.94. The van der Waals surface area contributed by atoms with Crippen LogP contribution in [-0.4, -0.2) is 18.2 Å². The van der Waals surface area contributed by atoms with Gasteiger partial charge < -0.3 is 15.2 Å². The van der Waals surface area contributed by atoms with Gasteiger partial charge in [-0.3, -0.25) is 0 Å². The Morgan fingerprint density at radius 3 is 2.40 bits per heavy atom. The SMILES string of the molecule is Nc1ncccc1OCCCCOc1ccc(Cl)cc1. The maximum absolute atomic E-state index is 5.80. The number of aromatic nitrogens is 1. The Kier molecular flexibility index (Phi) is 5.50. The lowest BCUT2D eigenvalue weighted by Crippen LogP contribution is -2.04. The van der Waals surface area contributed by atoms with Crippen LogP contribution in [0.4, 0.5) is 5.82 Å². The fraction of sp³-hybridized carbons (Fsp3) is 0.267. The highest BCUT2D eigenvalue weighted by atomic mass is 35.5. The molecule has 0 aliphatic rings. The monoisotopic (exact) mass is 292 g/mol. The summed E-state index contributed by atoms with van der Waals surface area (Å²) in [7, 11) is 0. The molecule has 1 heterocycles. The highest BCUT2D eigenvalue weighted by Gasteiger charge is 1.99. The number of nitrogen functional groups attached to an aromatic ring is 1. The van der Waals surface area contributed by atoms with E-state index >= 15 is 0 Å². The van der Waals surface area contributed by atoms with E-state index in [-0.39, 0.29) is 0 Å². The molecule has 0 amide bonds. The number of halogens is 1. The standard InChI is InChI=1S/C15H17ClN2O2/c16-12-5-7-13(8-6-12)19-10-1-2-11-20-14-4-3-9-18-15(14)17/h3-9H,1-2,10-11H2,(H2,17,18). The Labute approximate surface area is 123 Å². The third-order valence-corrected chi connectivity index (χ3v) is 2.93. The van der Waals surface area contributed by atoms with Crippen LogP contribution >= 0.6 is 11.6 Å². The summed E-state index contributed by atoms with van der Waals surface area (Å²) < 4.78 is 11.1. The van der Waals surface area contributed by atoms with Gasteiger partial charge in [0.05, 0.1) is 13.2 Å². The first-order valence-electron chi connectivity index (χ1n) is 6.47. The zero-order valence-corrected chi connectivity index (χ0v) is 11.8. The predicted octanol–water partition coefficient (Wildman–Crippen LogP) is 3.56. The van der Waals surface area contributed by atoms with E-state index in [1.165, 1.54) is 0 Å². The van der Waals surface area contributed by atoms with E-state index in [2.05, 4.69) is 4.98 Å². The molecule has 0 unspecified atom stereocenters. The quantitative estimate of drug-likeness (QED) is 0.793. The van der Waals surface area contributed by atoms with E-state index in [1.54, 1.807) is 12.3 Å². The van der Waals surface area contributed by atoms with Crippen LogP contribution in [0.5, 0.6) is 11.5 Å². The van der Waals surface area contributed by atoms with Crippen molar-refractivity contribution in [2.75, 3.05) is 18.9 Å². The molecule has 5 heteroatoms. The molecular formula is C15H17ClN2O2. The lowest BCUT2D eigenvalue weighted by molar-refractivity contribution is 0.267. The highest BCUT2D eigenvalue weighted by molar-refractivity contribution is 6.30. The Bertz CT molecular complexity index is 532. The molecule has 0 spiro atoms. The van der Waals surface area contributed by atoms with Gasteiger partial charge in [-0.05, 0) is 49.2 Å². The van der Waals surface area contributed by atoms with Crippen molar-refractivity contribution in [3.8, 4) is 11.5 Å².